The number of hydrogen-bond acceptors (Lipinski definition) is 4. The Morgan fingerprint density at radius 1 is 1.45 bits per heavy atom. The molecular weight excluding hydrogens is 147 g/mol. The first-order valence-corrected chi connectivity index (χ1v) is 3.88. The van der Waals surface area contributed by atoms with Crippen molar-refractivity contribution >= 4 is 7.32 Å². The molecule has 0 aromatic carbocycles. The highest BCUT2D eigenvalue weighted by Crippen LogP contribution is 2.12. The van der Waals surface area contributed by atoms with Crippen molar-refractivity contribution in [2.75, 3.05) is 13.2 Å². The Kier molecular flexibility index (Phi) is 3.86. The van der Waals surface area contributed by atoms with Gasteiger partial charge < -0.3 is 19.4 Å². The van der Waals surface area contributed by atoms with Crippen molar-refractivity contribution in [3.63, 3.8) is 0 Å². The van der Waals surface area contributed by atoms with E-state index in [0.29, 0.717) is 0 Å². The highest BCUT2D eigenvalue weighted by molar-refractivity contribution is 6.32. The molecule has 1 heterocycles. The Morgan fingerprint density at radius 2 is 2.27 bits per heavy atom. The van der Waals surface area contributed by atoms with Crippen LogP contribution in [0.4, 0.5) is 0 Å². The minimum atomic E-state index is -1.67. The van der Waals surface area contributed by atoms with Crippen LogP contribution < -0.4 is 0 Å². The average molecular weight is 160 g/mol. The zero-order chi connectivity index (χ0) is 8.10. The summed E-state index contributed by atoms with van der Waals surface area (Å²) in [4.78, 5) is 0. The fraction of sp³-hybridized carbons (Fsp3) is 1.00. The van der Waals surface area contributed by atoms with Crippen molar-refractivity contribution in [1.82, 2.24) is 0 Å². The molecule has 1 rings (SSSR count). The van der Waals surface area contributed by atoms with Crippen LogP contribution in [-0.4, -0.2) is 36.7 Å². The fourth-order valence-corrected chi connectivity index (χ4v) is 1.13. The Hall–Kier alpha value is -0.0951. The summed E-state index contributed by atoms with van der Waals surface area (Å²) in [7, 11) is -1.67. The van der Waals surface area contributed by atoms with Gasteiger partial charge in [0.05, 0.1) is 12.7 Å². The van der Waals surface area contributed by atoms with E-state index in [0.717, 1.165) is 25.9 Å². The van der Waals surface area contributed by atoms with Crippen molar-refractivity contribution in [2.45, 2.75) is 25.4 Å². The zero-order valence-electron chi connectivity index (χ0n) is 6.40. The van der Waals surface area contributed by atoms with Gasteiger partial charge in [0.15, 0.2) is 0 Å². The van der Waals surface area contributed by atoms with Gasteiger partial charge in [0.1, 0.15) is 0 Å². The van der Waals surface area contributed by atoms with Crippen LogP contribution in [0.15, 0.2) is 0 Å². The molecule has 2 N–H and O–H groups in total. The molecular formula is C6H13BO4. The molecule has 11 heavy (non-hydrogen) atoms. The van der Waals surface area contributed by atoms with Crippen LogP contribution in [0.5, 0.6) is 0 Å². The van der Waals surface area contributed by atoms with Crippen molar-refractivity contribution in [3.05, 3.63) is 0 Å². The Labute approximate surface area is 66.3 Å². The third kappa shape index (κ3) is 3.72. The van der Waals surface area contributed by atoms with Gasteiger partial charge >= 0.3 is 7.32 Å². The SMILES string of the molecule is OB(O)OCC1CCCCO1. The third-order valence-electron chi connectivity index (χ3n) is 1.71. The molecule has 1 saturated heterocycles. The molecule has 1 atom stereocenters. The van der Waals surface area contributed by atoms with Crippen LogP contribution in [0, 0.1) is 0 Å². The lowest BCUT2D eigenvalue weighted by atomic mass is 10.1. The van der Waals surface area contributed by atoms with E-state index in [2.05, 4.69) is 4.65 Å². The third-order valence-corrected chi connectivity index (χ3v) is 1.71. The quantitative estimate of drug-likeness (QED) is 0.548. The topological polar surface area (TPSA) is 58.9 Å². The van der Waals surface area contributed by atoms with Crippen LogP contribution in [0.2, 0.25) is 0 Å². The summed E-state index contributed by atoms with van der Waals surface area (Å²) in [5.74, 6) is 0. The molecule has 1 unspecified atom stereocenters. The molecule has 1 aliphatic heterocycles. The monoisotopic (exact) mass is 160 g/mol. The van der Waals surface area contributed by atoms with Gasteiger partial charge in [-0.15, -0.1) is 0 Å². The normalized spacial score (nSPS) is 25.1. The van der Waals surface area contributed by atoms with Gasteiger partial charge in [-0.1, -0.05) is 0 Å². The maximum absolute atomic E-state index is 8.36. The second-order valence-corrected chi connectivity index (χ2v) is 2.65. The molecule has 0 aromatic rings. The summed E-state index contributed by atoms with van der Waals surface area (Å²) in [6, 6.07) is 0. The van der Waals surface area contributed by atoms with Gasteiger partial charge in [0, 0.05) is 6.61 Å². The molecule has 1 aliphatic rings. The van der Waals surface area contributed by atoms with Crippen molar-refractivity contribution in [1.29, 1.82) is 0 Å². The predicted octanol–water partition coefficient (Wildman–Crippen LogP) is -0.458. The number of rotatable bonds is 3. The van der Waals surface area contributed by atoms with E-state index in [1.54, 1.807) is 0 Å². The van der Waals surface area contributed by atoms with Crippen LogP contribution in [0.1, 0.15) is 19.3 Å². The van der Waals surface area contributed by atoms with Crippen LogP contribution >= 0.6 is 0 Å². The molecule has 1 fully saturated rings. The van der Waals surface area contributed by atoms with Crippen LogP contribution in [-0.2, 0) is 9.39 Å². The van der Waals surface area contributed by atoms with Crippen LogP contribution in [0.3, 0.4) is 0 Å². The summed E-state index contributed by atoms with van der Waals surface area (Å²) in [5, 5.41) is 16.7. The van der Waals surface area contributed by atoms with E-state index < -0.39 is 7.32 Å². The lowest BCUT2D eigenvalue weighted by molar-refractivity contribution is -0.0206. The van der Waals surface area contributed by atoms with Gasteiger partial charge in [-0.05, 0) is 19.3 Å². The van der Waals surface area contributed by atoms with Gasteiger partial charge in [-0.3, -0.25) is 0 Å². The zero-order valence-corrected chi connectivity index (χ0v) is 6.40. The molecule has 0 amide bonds. The summed E-state index contributed by atoms with van der Waals surface area (Å²) >= 11 is 0. The first-order valence-electron chi connectivity index (χ1n) is 3.88. The van der Waals surface area contributed by atoms with Crippen molar-refractivity contribution < 1.29 is 19.4 Å². The van der Waals surface area contributed by atoms with Crippen molar-refractivity contribution in [2.24, 2.45) is 0 Å². The van der Waals surface area contributed by atoms with Gasteiger partial charge in [0.25, 0.3) is 0 Å². The summed E-state index contributed by atoms with van der Waals surface area (Å²) in [6.45, 7) is 1.03. The molecule has 64 valence electrons. The molecule has 0 bridgehead atoms. The van der Waals surface area contributed by atoms with E-state index in [9.17, 15) is 0 Å². The fourth-order valence-electron chi connectivity index (χ4n) is 1.13. The molecule has 0 aliphatic carbocycles. The largest absolute Gasteiger partial charge is 0.633 e. The number of hydrogen-bond donors (Lipinski definition) is 2. The van der Waals surface area contributed by atoms with E-state index in [4.69, 9.17) is 14.8 Å². The second kappa shape index (κ2) is 4.72. The molecule has 5 heteroatoms. The lowest BCUT2D eigenvalue weighted by Gasteiger charge is -2.22. The summed E-state index contributed by atoms with van der Waals surface area (Å²) < 4.78 is 9.85. The van der Waals surface area contributed by atoms with Gasteiger partial charge in [-0.25, -0.2) is 0 Å². The average Bonchev–Trinajstić information content (AvgIpc) is 2.03. The molecule has 0 saturated carbocycles. The van der Waals surface area contributed by atoms with E-state index in [-0.39, 0.29) is 12.7 Å². The molecule has 0 radical (unpaired) electrons. The van der Waals surface area contributed by atoms with E-state index in [1.807, 2.05) is 0 Å². The minimum Gasteiger partial charge on any atom is -0.402 e. The van der Waals surface area contributed by atoms with Gasteiger partial charge in [0.2, 0.25) is 0 Å². The maximum atomic E-state index is 8.36. The Morgan fingerprint density at radius 3 is 2.82 bits per heavy atom. The standard InChI is InChI=1S/C6H13BO4/c8-7(9)11-5-6-3-1-2-4-10-6/h6,8-9H,1-5H2. The Bertz CT molecular complexity index is 103. The number of ether oxygens (including phenoxy) is 1. The summed E-state index contributed by atoms with van der Waals surface area (Å²) in [6.07, 6.45) is 3.23. The Balaban J connectivity index is 2.05. The maximum Gasteiger partial charge on any atom is 0.633 e. The van der Waals surface area contributed by atoms with Crippen LogP contribution in [0.25, 0.3) is 0 Å². The minimum absolute atomic E-state index is 0.0468. The predicted molar refractivity (Wildman–Crippen MR) is 39.7 cm³/mol. The second-order valence-electron chi connectivity index (χ2n) is 2.65. The first-order chi connectivity index (χ1) is 5.29. The van der Waals surface area contributed by atoms with Gasteiger partial charge in [-0.2, -0.15) is 0 Å². The highest BCUT2D eigenvalue weighted by Gasteiger charge is 2.17. The first kappa shape index (κ1) is 9.00. The summed E-state index contributed by atoms with van der Waals surface area (Å²) in [5.41, 5.74) is 0. The molecule has 0 aromatic heterocycles. The molecule has 4 nitrogen and oxygen atoms in total. The van der Waals surface area contributed by atoms with Crippen molar-refractivity contribution in [3.8, 4) is 0 Å². The smallest absolute Gasteiger partial charge is 0.402 e. The van der Waals surface area contributed by atoms with E-state index in [1.165, 1.54) is 0 Å². The lowest BCUT2D eigenvalue weighted by Crippen LogP contribution is -2.29. The molecule has 0 spiro atoms. The highest BCUT2D eigenvalue weighted by atomic mass is 16.6. The van der Waals surface area contributed by atoms with E-state index >= 15 is 0 Å².